The SMILES string of the molecule is COC(=O)CNC(=O)c1c([N+](=O)[O-])cc([N+](=O)[O-])cc1S(=O)Cc1ccccc1. The summed E-state index contributed by atoms with van der Waals surface area (Å²) >= 11 is 0. The normalized spacial score (nSPS) is 11.3. The Morgan fingerprint density at radius 1 is 1.10 bits per heavy atom. The molecule has 0 heterocycles. The number of benzene rings is 2. The number of nitrogens with zero attached hydrogens (tertiary/aromatic N) is 2. The van der Waals surface area contributed by atoms with Crippen molar-refractivity contribution in [3.8, 4) is 0 Å². The summed E-state index contributed by atoms with van der Waals surface area (Å²) in [6.45, 7) is -0.589. The van der Waals surface area contributed by atoms with Crippen molar-refractivity contribution in [1.82, 2.24) is 5.32 Å². The Morgan fingerprint density at radius 2 is 1.76 bits per heavy atom. The lowest BCUT2D eigenvalue weighted by Crippen LogP contribution is -2.31. The Morgan fingerprint density at radius 3 is 2.31 bits per heavy atom. The number of carbonyl (C=O) groups excluding carboxylic acids is 2. The van der Waals surface area contributed by atoms with Crippen LogP contribution in [0.3, 0.4) is 0 Å². The minimum absolute atomic E-state index is 0.129. The molecule has 0 radical (unpaired) electrons. The predicted molar refractivity (Wildman–Crippen MR) is 101 cm³/mol. The number of methoxy groups -OCH3 is 1. The second-order valence-electron chi connectivity index (χ2n) is 5.59. The van der Waals surface area contributed by atoms with Crippen LogP contribution in [0.2, 0.25) is 0 Å². The van der Waals surface area contributed by atoms with Crippen LogP contribution in [0.1, 0.15) is 15.9 Å². The number of nitro groups is 2. The maximum absolute atomic E-state index is 12.9. The molecular formula is C17H15N3O8S. The highest BCUT2D eigenvalue weighted by molar-refractivity contribution is 7.84. The first-order valence-electron chi connectivity index (χ1n) is 7.98. The zero-order chi connectivity index (χ0) is 21.6. The van der Waals surface area contributed by atoms with Crippen LogP contribution in [0.5, 0.6) is 0 Å². The first-order valence-corrected chi connectivity index (χ1v) is 9.30. The molecule has 0 saturated carbocycles. The van der Waals surface area contributed by atoms with Crippen LogP contribution in [0.25, 0.3) is 0 Å². The standard InChI is InChI=1S/C17H15N3O8S/c1-28-15(21)9-18-17(22)16-13(20(25)26)7-12(19(23)24)8-14(16)29(27)10-11-5-3-2-4-6-11/h2-8H,9-10H2,1H3,(H,18,22). The van der Waals surface area contributed by atoms with E-state index >= 15 is 0 Å². The van der Waals surface area contributed by atoms with E-state index in [2.05, 4.69) is 10.1 Å². The van der Waals surface area contributed by atoms with Crippen molar-refractivity contribution in [3.63, 3.8) is 0 Å². The van der Waals surface area contributed by atoms with E-state index in [0.717, 1.165) is 13.2 Å². The lowest BCUT2D eigenvalue weighted by atomic mass is 10.1. The molecule has 0 spiro atoms. The molecule has 1 unspecified atom stereocenters. The van der Waals surface area contributed by atoms with Crippen molar-refractivity contribution in [2.45, 2.75) is 10.6 Å². The third-order valence-corrected chi connectivity index (χ3v) is 5.12. The molecule has 1 atom stereocenters. The molecule has 0 fully saturated rings. The number of hydrogen-bond donors (Lipinski definition) is 1. The molecule has 29 heavy (non-hydrogen) atoms. The molecule has 0 aliphatic carbocycles. The largest absolute Gasteiger partial charge is 0.468 e. The van der Waals surface area contributed by atoms with Gasteiger partial charge in [-0.25, -0.2) is 0 Å². The molecule has 12 heteroatoms. The smallest absolute Gasteiger partial charge is 0.325 e. The third-order valence-electron chi connectivity index (χ3n) is 3.71. The van der Waals surface area contributed by atoms with E-state index < -0.39 is 56.0 Å². The summed E-state index contributed by atoms with van der Waals surface area (Å²) < 4.78 is 17.3. The number of amides is 1. The number of esters is 1. The highest BCUT2D eigenvalue weighted by atomic mass is 32.2. The Balaban J connectivity index is 2.56. The number of non-ortho nitro benzene ring substituents is 1. The second-order valence-corrected chi connectivity index (χ2v) is 7.01. The Labute approximate surface area is 166 Å². The molecule has 0 aliphatic rings. The molecule has 0 aromatic heterocycles. The number of ether oxygens (including phenoxy) is 1. The fourth-order valence-electron chi connectivity index (χ4n) is 2.36. The van der Waals surface area contributed by atoms with Crippen LogP contribution in [-0.4, -0.2) is 39.6 Å². The van der Waals surface area contributed by atoms with E-state index in [1.165, 1.54) is 0 Å². The molecule has 152 valence electrons. The molecule has 11 nitrogen and oxygen atoms in total. The second kappa shape index (κ2) is 9.50. The van der Waals surface area contributed by atoms with Gasteiger partial charge in [0.1, 0.15) is 12.1 Å². The van der Waals surface area contributed by atoms with Crippen LogP contribution in [0.4, 0.5) is 11.4 Å². The monoisotopic (exact) mass is 421 g/mol. The Kier molecular flexibility index (Phi) is 7.09. The summed E-state index contributed by atoms with van der Waals surface area (Å²) in [6, 6.07) is 9.88. The van der Waals surface area contributed by atoms with Crippen LogP contribution in [-0.2, 0) is 26.1 Å². The molecule has 2 aromatic rings. The zero-order valence-corrected chi connectivity index (χ0v) is 15.8. The van der Waals surface area contributed by atoms with E-state index in [4.69, 9.17) is 0 Å². The topological polar surface area (TPSA) is 159 Å². The summed E-state index contributed by atoms with van der Waals surface area (Å²) in [6.07, 6.45) is 0. The van der Waals surface area contributed by atoms with Crippen molar-refractivity contribution in [2.75, 3.05) is 13.7 Å². The molecule has 0 bridgehead atoms. The fraction of sp³-hybridized carbons (Fsp3) is 0.176. The van der Waals surface area contributed by atoms with Gasteiger partial charge in [-0.15, -0.1) is 0 Å². The molecule has 0 saturated heterocycles. The molecular weight excluding hydrogens is 406 g/mol. The minimum Gasteiger partial charge on any atom is -0.468 e. The van der Waals surface area contributed by atoms with Gasteiger partial charge < -0.3 is 10.1 Å². The average molecular weight is 421 g/mol. The summed E-state index contributed by atoms with van der Waals surface area (Å²) in [5, 5.41) is 24.7. The van der Waals surface area contributed by atoms with Gasteiger partial charge in [-0.2, -0.15) is 0 Å². The van der Waals surface area contributed by atoms with Gasteiger partial charge in [0, 0.05) is 6.07 Å². The summed E-state index contributed by atoms with van der Waals surface area (Å²) in [5.74, 6) is -2.01. The molecule has 2 rings (SSSR count). The summed E-state index contributed by atoms with van der Waals surface area (Å²) in [4.78, 5) is 44.1. The third kappa shape index (κ3) is 5.42. The van der Waals surface area contributed by atoms with Crippen LogP contribution in [0, 0.1) is 20.2 Å². The van der Waals surface area contributed by atoms with Crippen LogP contribution >= 0.6 is 0 Å². The van der Waals surface area contributed by atoms with Gasteiger partial charge in [-0.05, 0) is 5.56 Å². The lowest BCUT2D eigenvalue weighted by molar-refractivity contribution is -0.394. The lowest BCUT2D eigenvalue weighted by Gasteiger charge is -2.11. The summed E-state index contributed by atoms with van der Waals surface area (Å²) in [7, 11) is -0.936. The number of nitrogens with one attached hydrogen (secondary N) is 1. The van der Waals surface area contributed by atoms with E-state index in [1.807, 2.05) is 0 Å². The van der Waals surface area contributed by atoms with Crippen LogP contribution in [0.15, 0.2) is 47.4 Å². The molecule has 1 amide bonds. The maximum Gasteiger partial charge on any atom is 0.325 e. The zero-order valence-electron chi connectivity index (χ0n) is 15.0. The Bertz CT molecular complexity index is 994. The van der Waals surface area contributed by atoms with Crippen molar-refractivity contribution < 1.29 is 28.4 Å². The first-order chi connectivity index (χ1) is 13.7. The van der Waals surface area contributed by atoms with Gasteiger partial charge in [-0.1, -0.05) is 30.3 Å². The highest BCUT2D eigenvalue weighted by Gasteiger charge is 2.31. The quantitative estimate of drug-likeness (QED) is 0.383. The van der Waals surface area contributed by atoms with Gasteiger partial charge in [0.15, 0.2) is 0 Å². The van der Waals surface area contributed by atoms with E-state index in [-0.39, 0.29) is 10.6 Å². The van der Waals surface area contributed by atoms with E-state index in [0.29, 0.717) is 11.6 Å². The van der Waals surface area contributed by atoms with Crippen molar-refractivity contribution in [3.05, 3.63) is 73.8 Å². The summed E-state index contributed by atoms with van der Waals surface area (Å²) in [5.41, 5.74) is -1.59. The minimum atomic E-state index is -2.02. The van der Waals surface area contributed by atoms with Gasteiger partial charge in [0.05, 0.1) is 44.5 Å². The average Bonchev–Trinajstić information content (AvgIpc) is 2.71. The van der Waals surface area contributed by atoms with Crippen molar-refractivity contribution in [2.24, 2.45) is 0 Å². The number of rotatable bonds is 8. The molecule has 2 aromatic carbocycles. The van der Waals surface area contributed by atoms with Gasteiger partial charge in [0.25, 0.3) is 17.3 Å². The van der Waals surface area contributed by atoms with Crippen molar-refractivity contribution >= 4 is 34.1 Å². The van der Waals surface area contributed by atoms with Gasteiger partial charge in [0.2, 0.25) is 0 Å². The highest BCUT2D eigenvalue weighted by Crippen LogP contribution is 2.31. The van der Waals surface area contributed by atoms with E-state index in [1.54, 1.807) is 30.3 Å². The Hall–Kier alpha value is -3.67. The van der Waals surface area contributed by atoms with Crippen molar-refractivity contribution in [1.29, 1.82) is 0 Å². The predicted octanol–water partition coefficient (Wildman–Crippen LogP) is 1.71. The fourth-order valence-corrected chi connectivity index (χ4v) is 3.69. The maximum atomic E-state index is 12.9. The van der Waals surface area contributed by atoms with Crippen LogP contribution < -0.4 is 5.32 Å². The first kappa shape index (κ1) is 21.6. The van der Waals surface area contributed by atoms with Gasteiger partial charge in [-0.3, -0.25) is 34.0 Å². The molecule has 0 aliphatic heterocycles. The number of hydrogen-bond acceptors (Lipinski definition) is 8. The number of carbonyl (C=O) groups is 2. The van der Waals surface area contributed by atoms with Gasteiger partial charge >= 0.3 is 5.97 Å². The molecule has 1 N–H and O–H groups in total. The van der Waals surface area contributed by atoms with E-state index in [9.17, 15) is 34.0 Å². The number of nitro benzene ring substituents is 2.